The molecule has 118 valence electrons. The largest absolute Gasteiger partial charge is 0.343 e. The Morgan fingerprint density at radius 3 is 2.82 bits per heavy atom. The first-order valence-electron chi connectivity index (χ1n) is 7.13. The summed E-state index contributed by atoms with van der Waals surface area (Å²) in [4.78, 5) is 16.3. The Morgan fingerprint density at radius 1 is 1.32 bits per heavy atom. The summed E-state index contributed by atoms with van der Waals surface area (Å²) >= 11 is 0. The second kappa shape index (κ2) is 7.38. The van der Waals surface area contributed by atoms with Crippen molar-refractivity contribution in [1.82, 2.24) is 20.8 Å². The highest BCUT2D eigenvalue weighted by Crippen LogP contribution is 2.16. The molecule has 1 atom stereocenters. The van der Waals surface area contributed by atoms with Crippen molar-refractivity contribution < 1.29 is 9.32 Å². The minimum atomic E-state index is -0.281. The van der Waals surface area contributed by atoms with Gasteiger partial charge in [0.1, 0.15) is 0 Å². The van der Waals surface area contributed by atoms with Crippen molar-refractivity contribution in [1.29, 1.82) is 0 Å². The van der Waals surface area contributed by atoms with Crippen LogP contribution in [0.3, 0.4) is 0 Å². The molecule has 2 heterocycles. The van der Waals surface area contributed by atoms with E-state index in [0.29, 0.717) is 11.4 Å². The molecule has 1 aromatic carbocycles. The molecule has 0 aliphatic carbocycles. The van der Waals surface area contributed by atoms with Gasteiger partial charge in [0.2, 0.25) is 6.39 Å². The van der Waals surface area contributed by atoms with E-state index in [4.69, 9.17) is 4.52 Å². The number of halogens is 1. The first-order chi connectivity index (χ1) is 10.2. The predicted octanol–water partition coefficient (Wildman–Crippen LogP) is 1.67. The Labute approximate surface area is 135 Å². The van der Waals surface area contributed by atoms with Gasteiger partial charge in [-0.1, -0.05) is 11.2 Å². The number of aromatic nitrogens is 2. The van der Waals surface area contributed by atoms with Crippen LogP contribution in [-0.2, 0) is 12.8 Å². The van der Waals surface area contributed by atoms with E-state index in [1.807, 2.05) is 19.1 Å². The summed E-state index contributed by atoms with van der Waals surface area (Å²) in [5, 5.41) is 9.98. The molecule has 3 rings (SSSR count). The lowest BCUT2D eigenvalue weighted by Crippen LogP contribution is -2.27. The van der Waals surface area contributed by atoms with Crippen LogP contribution in [0.15, 0.2) is 29.1 Å². The molecule has 22 heavy (non-hydrogen) atoms. The highest BCUT2D eigenvalue weighted by atomic mass is 35.5. The molecule has 2 N–H and O–H groups in total. The molecule has 0 spiro atoms. The minimum Gasteiger partial charge on any atom is -0.343 e. The van der Waals surface area contributed by atoms with Crippen LogP contribution in [0.5, 0.6) is 0 Å². The van der Waals surface area contributed by atoms with Gasteiger partial charge in [0, 0.05) is 5.56 Å². The molecular weight excluding hydrogens is 304 g/mol. The normalized spacial score (nSPS) is 15.1. The number of benzene rings is 1. The minimum absolute atomic E-state index is 0. The Kier molecular flexibility index (Phi) is 5.51. The van der Waals surface area contributed by atoms with Gasteiger partial charge in [-0.3, -0.25) is 4.79 Å². The third-order valence-corrected chi connectivity index (χ3v) is 3.72. The Balaban J connectivity index is 0.00000176. The molecule has 0 saturated carbocycles. The maximum Gasteiger partial charge on any atom is 0.251 e. The van der Waals surface area contributed by atoms with Crippen LogP contribution in [0.25, 0.3) is 0 Å². The van der Waals surface area contributed by atoms with Crippen LogP contribution in [-0.4, -0.2) is 29.1 Å². The maximum absolute atomic E-state index is 12.3. The lowest BCUT2D eigenvalue weighted by Gasteiger charge is -2.12. The number of fused-ring (bicyclic) bond motifs is 1. The van der Waals surface area contributed by atoms with Crippen LogP contribution in [0, 0.1) is 0 Å². The van der Waals surface area contributed by atoms with Crippen molar-refractivity contribution in [2.75, 3.05) is 13.1 Å². The summed E-state index contributed by atoms with van der Waals surface area (Å²) in [5.41, 5.74) is 3.24. The fourth-order valence-corrected chi connectivity index (χ4v) is 2.53. The summed E-state index contributed by atoms with van der Waals surface area (Å²) in [6.07, 6.45) is 3.22. The topological polar surface area (TPSA) is 80.0 Å². The molecule has 2 aromatic rings. The van der Waals surface area contributed by atoms with Crippen molar-refractivity contribution in [3.05, 3.63) is 47.1 Å². The molecule has 1 aromatic heterocycles. The lowest BCUT2D eigenvalue weighted by atomic mass is 9.99. The van der Waals surface area contributed by atoms with Gasteiger partial charge in [-0.05, 0) is 56.1 Å². The quantitative estimate of drug-likeness (QED) is 0.898. The van der Waals surface area contributed by atoms with Crippen molar-refractivity contribution in [3.8, 4) is 0 Å². The number of carbonyl (C=O) groups is 1. The third-order valence-electron chi connectivity index (χ3n) is 3.72. The fourth-order valence-electron chi connectivity index (χ4n) is 2.53. The number of amides is 1. The summed E-state index contributed by atoms with van der Waals surface area (Å²) < 4.78 is 4.69. The highest BCUT2D eigenvalue weighted by Gasteiger charge is 2.16. The monoisotopic (exact) mass is 322 g/mol. The molecule has 0 fully saturated rings. The molecule has 0 radical (unpaired) electrons. The predicted molar refractivity (Wildman–Crippen MR) is 84.1 cm³/mol. The van der Waals surface area contributed by atoms with E-state index >= 15 is 0 Å². The first kappa shape index (κ1) is 16.5. The standard InChI is InChI=1S/C15H18N4O2.ClH/c1-10(14-17-9-21-19-14)18-15(20)13-3-2-11-4-6-16-7-5-12(11)8-13;/h2-3,8-10,16H,4-7H2,1H3,(H,18,20);1H. The van der Waals surface area contributed by atoms with Gasteiger partial charge in [0.25, 0.3) is 5.91 Å². The summed E-state index contributed by atoms with van der Waals surface area (Å²) in [6.45, 7) is 3.78. The van der Waals surface area contributed by atoms with Crippen LogP contribution in [0.2, 0.25) is 0 Å². The number of carbonyl (C=O) groups excluding carboxylic acids is 1. The van der Waals surface area contributed by atoms with Crippen LogP contribution in [0.1, 0.15) is 40.3 Å². The summed E-state index contributed by atoms with van der Waals surface area (Å²) in [6, 6.07) is 5.64. The van der Waals surface area contributed by atoms with Gasteiger partial charge in [0.05, 0.1) is 6.04 Å². The average molecular weight is 323 g/mol. The van der Waals surface area contributed by atoms with Gasteiger partial charge in [-0.2, -0.15) is 4.98 Å². The number of hydrogen-bond donors (Lipinski definition) is 2. The molecule has 1 aliphatic rings. The molecule has 7 heteroatoms. The lowest BCUT2D eigenvalue weighted by molar-refractivity contribution is 0.0937. The van der Waals surface area contributed by atoms with Gasteiger partial charge in [0.15, 0.2) is 5.82 Å². The summed E-state index contributed by atoms with van der Waals surface area (Å²) in [7, 11) is 0. The van der Waals surface area contributed by atoms with E-state index in [-0.39, 0.29) is 24.4 Å². The van der Waals surface area contributed by atoms with Crippen molar-refractivity contribution in [2.45, 2.75) is 25.8 Å². The zero-order valence-electron chi connectivity index (χ0n) is 12.3. The first-order valence-corrected chi connectivity index (χ1v) is 7.13. The highest BCUT2D eigenvalue weighted by molar-refractivity contribution is 5.94. The number of nitrogens with one attached hydrogen (secondary N) is 2. The van der Waals surface area contributed by atoms with Crippen molar-refractivity contribution in [3.63, 3.8) is 0 Å². The van der Waals surface area contributed by atoms with E-state index in [1.54, 1.807) is 0 Å². The van der Waals surface area contributed by atoms with Gasteiger partial charge >= 0.3 is 0 Å². The molecular formula is C15H19ClN4O2. The maximum atomic E-state index is 12.3. The van der Waals surface area contributed by atoms with E-state index < -0.39 is 0 Å². The van der Waals surface area contributed by atoms with Crippen LogP contribution >= 0.6 is 12.4 Å². The van der Waals surface area contributed by atoms with Gasteiger partial charge < -0.3 is 15.2 Å². The fraction of sp³-hybridized carbons (Fsp3) is 0.400. The molecule has 6 nitrogen and oxygen atoms in total. The van der Waals surface area contributed by atoms with E-state index in [1.165, 1.54) is 17.5 Å². The Bertz CT molecular complexity index is 630. The number of hydrogen-bond acceptors (Lipinski definition) is 5. The second-order valence-electron chi connectivity index (χ2n) is 5.22. The molecule has 0 bridgehead atoms. The Morgan fingerprint density at radius 2 is 2.09 bits per heavy atom. The van der Waals surface area contributed by atoms with Gasteiger partial charge in [-0.25, -0.2) is 0 Å². The molecule has 1 aliphatic heterocycles. The van der Waals surface area contributed by atoms with E-state index in [9.17, 15) is 4.79 Å². The van der Waals surface area contributed by atoms with E-state index in [0.717, 1.165) is 25.9 Å². The second-order valence-corrected chi connectivity index (χ2v) is 5.22. The molecule has 1 unspecified atom stereocenters. The van der Waals surface area contributed by atoms with Crippen LogP contribution < -0.4 is 10.6 Å². The third kappa shape index (κ3) is 3.64. The Hall–Kier alpha value is -1.92. The SMILES string of the molecule is CC(NC(=O)c1ccc2c(c1)CCNCC2)c1ncon1.Cl. The average Bonchev–Trinajstić information content (AvgIpc) is 2.92. The van der Waals surface area contributed by atoms with Crippen LogP contribution in [0.4, 0.5) is 0 Å². The van der Waals surface area contributed by atoms with Gasteiger partial charge in [-0.15, -0.1) is 12.4 Å². The van der Waals surface area contributed by atoms with Crippen molar-refractivity contribution >= 4 is 18.3 Å². The zero-order valence-corrected chi connectivity index (χ0v) is 13.2. The number of rotatable bonds is 3. The number of nitrogens with zero attached hydrogens (tertiary/aromatic N) is 2. The smallest absolute Gasteiger partial charge is 0.251 e. The summed E-state index contributed by atoms with van der Waals surface area (Å²) in [5.74, 6) is 0.356. The molecule has 1 amide bonds. The molecule has 0 saturated heterocycles. The zero-order chi connectivity index (χ0) is 14.7. The van der Waals surface area contributed by atoms with E-state index in [2.05, 4.69) is 26.8 Å². The van der Waals surface area contributed by atoms with Crippen molar-refractivity contribution in [2.24, 2.45) is 0 Å².